The van der Waals surface area contributed by atoms with Crippen LogP contribution < -0.4 is 10.0 Å². The first-order valence-electron chi connectivity index (χ1n) is 5.40. The first kappa shape index (κ1) is 15.0. The van der Waals surface area contributed by atoms with Gasteiger partial charge in [0.05, 0.1) is 4.91 Å². The van der Waals surface area contributed by atoms with E-state index in [2.05, 4.69) is 20.3 Å². The number of urea groups is 1. The van der Waals surface area contributed by atoms with Crippen LogP contribution in [0.5, 0.6) is 0 Å². The number of aromatic nitrogens is 3. The third-order valence-electron chi connectivity index (χ3n) is 2.14. The van der Waals surface area contributed by atoms with Crippen molar-refractivity contribution in [2.75, 3.05) is 5.32 Å². The lowest BCUT2D eigenvalue weighted by Gasteiger charge is -2.08. The summed E-state index contributed by atoms with van der Waals surface area (Å²) in [6.45, 7) is 6.22. The van der Waals surface area contributed by atoms with Crippen LogP contribution >= 0.6 is 0 Å². The van der Waals surface area contributed by atoms with Crippen molar-refractivity contribution in [3.8, 4) is 0 Å². The van der Waals surface area contributed by atoms with Gasteiger partial charge in [-0.05, 0) is 27.7 Å². The van der Waals surface area contributed by atoms with E-state index in [1.54, 1.807) is 20.8 Å². The minimum absolute atomic E-state index is 0.00386. The number of nitrogens with zero attached hydrogens (tertiary/aromatic N) is 3. The molecule has 0 aliphatic carbocycles. The monoisotopic (exact) mass is 285 g/mol. The molecule has 19 heavy (non-hydrogen) atoms. The van der Waals surface area contributed by atoms with E-state index in [1.807, 2.05) is 4.72 Å². The van der Waals surface area contributed by atoms with Gasteiger partial charge in [0.1, 0.15) is 11.6 Å². The second-order valence-corrected chi connectivity index (χ2v) is 5.57. The molecule has 2 amide bonds. The van der Waals surface area contributed by atoms with Gasteiger partial charge in [-0.3, -0.25) is 5.32 Å². The van der Waals surface area contributed by atoms with Gasteiger partial charge in [0, 0.05) is 0 Å². The Morgan fingerprint density at radius 3 is 2.16 bits per heavy atom. The van der Waals surface area contributed by atoms with E-state index in [1.165, 1.54) is 13.0 Å². The third-order valence-corrected chi connectivity index (χ3v) is 3.68. The molecule has 8 nitrogen and oxygen atoms in total. The molecule has 0 spiro atoms. The van der Waals surface area contributed by atoms with Gasteiger partial charge in [-0.2, -0.15) is 9.97 Å². The number of hydrogen-bond acceptors (Lipinski definition) is 6. The maximum Gasteiger partial charge on any atom is 0.335 e. The Morgan fingerprint density at radius 2 is 1.68 bits per heavy atom. The molecule has 0 fully saturated rings. The molecular formula is C10H15N5O3S. The first-order chi connectivity index (χ1) is 8.74. The van der Waals surface area contributed by atoms with Gasteiger partial charge in [-0.25, -0.2) is 22.9 Å². The maximum absolute atomic E-state index is 11.6. The normalized spacial score (nSPS) is 12.1. The SMILES string of the molecule is CC=C(C)S(=O)(=O)NC(=O)Nc1nc(C)nc(C)n1. The quantitative estimate of drug-likeness (QED) is 0.851. The Balaban J connectivity index is 2.82. The molecule has 0 saturated heterocycles. The largest absolute Gasteiger partial charge is 0.335 e. The highest BCUT2D eigenvalue weighted by Crippen LogP contribution is 2.04. The summed E-state index contributed by atoms with van der Waals surface area (Å²) in [4.78, 5) is 23.3. The molecule has 1 aromatic rings. The first-order valence-corrected chi connectivity index (χ1v) is 6.89. The van der Waals surface area contributed by atoms with E-state index in [0.29, 0.717) is 11.6 Å². The van der Waals surface area contributed by atoms with Crippen molar-refractivity contribution in [2.24, 2.45) is 0 Å². The number of rotatable bonds is 3. The minimum atomic E-state index is -3.82. The van der Waals surface area contributed by atoms with Gasteiger partial charge >= 0.3 is 6.03 Å². The number of aryl methyl sites for hydroxylation is 2. The van der Waals surface area contributed by atoms with Crippen molar-refractivity contribution in [1.82, 2.24) is 19.7 Å². The van der Waals surface area contributed by atoms with Crippen LogP contribution in [0.15, 0.2) is 11.0 Å². The summed E-state index contributed by atoms with van der Waals surface area (Å²) in [5.74, 6) is 0.849. The van der Waals surface area contributed by atoms with Crippen molar-refractivity contribution < 1.29 is 13.2 Å². The van der Waals surface area contributed by atoms with Crippen LogP contribution in [0.1, 0.15) is 25.5 Å². The van der Waals surface area contributed by atoms with Crippen LogP contribution in [0.2, 0.25) is 0 Å². The van der Waals surface area contributed by atoms with Crippen LogP contribution in [-0.2, 0) is 10.0 Å². The van der Waals surface area contributed by atoms with Crippen LogP contribution in [-0.4, -0.2) is 29.4 Å². The molecule has 9 heteroatoms. The highest BCUT2D eigenvalue weighted by molar-refractivity contribution is 7.93. The molecule has 0 bridgehead atoms. The Hall–Kier alpha value is -2.03. The molecule has 0 saturated carbocycles. The number of carbonyl (C=O) groups is 1. The summed E-state index contributed by atoms with van der Waals surface area (Å²) in [6, 6.07) is -0.925. The van der Waals surface area contributed by atoms with E-state index in [4.69, 9.17) is 0 Å². The average Bonchev–Trinajstić information content (AvgIpc) is 2.25. The van der Waals surface area contributed by atoms with Crippen molar-refractivity contribution in [3.63, 3.8) is 0 Å². The van der Waals surface area contributed by atoms with Crippen molar-refractivity contribution in [2.45, 2.75) is 27.7 Å². The molecule has 2 N–H and O–H groups in total. The molecule has 1 aromatic heterocycles. The third kappa shape index (κ3) is 4.28. The topological polar surface area (TPSA) is 114 Å². The van der Waals surface area contributed by atoms with Crippen LogP contribution in [0, 0.1) is 13.8 Å². The second-order valence-electron chi connectivity index (χ2n) is 3.71. The van der Waals surface area contributed by atoms with Gasteiger partial charge in [0.25, 0.3) is 10.0 Å². The predicted molar refractivity (Wildman–Crippen MR) is 69.8 cm³/mol. The lowest BCUT2D eigenvalue weighted by Crippen LogP contribution is -2.35. The summed E-state index contributed by atoms with van der Waals surface area (Å²) < 4.78 is 25.1. The lowest BCUT2D eigenvalue weighted by molar-refractivity contribution is 0.256. The minimum Gasteiger partial charge on any atom is -0.275 e. The molecular weight excluding hydrogens is 270 g/mol. The van der Waals surface area contributed by atoms with Gasteiger partial charge in [-0.15, -0.1) is 0 Å². The van der Waals surface area contributed by atoms with Crippen molar-refractivity contribution >= 4 is 22.0 Å². The summed E-state index contributed by atoms with van der Waals surface area (Å²) in [7, 11) is -3.82. The zero-order valence-corrected chi connectivity index (χ0v) is 11.9. The number of carbonyl (C=O) groups excluding carboxylic acids is 1. The fraction of sp³-hybridized carbons (Fsp3) is 0.400. The fourth-order valence-electron chi connectivity index (χ4n) is 1.16. The van der Waals surface area contributed by atoms with Gasteiger partial charge in [-0.1, -0.05) is 6.08 Å². The van der Waals surface area contributed by atoms with Crippen LogP contribution in [0.4, 0.5) is 10.7 Å². The summed E-state index contributed by atoms with van der Waals surface area (Å²) in [6.07, 6.45) is 1.38. The number of anilines is 1. The molecule has 1 rings (SSSR count). The van der Waals surface area contributed by atoms with Crippen LogP contribution in [0.3, 0.4) is 0 Å². The summed E-state index contributed by atoms with van der Waals surface area (Å²) in [5, 5.41) is 2.24. The Kier molecular flexibility index (Phi) is 4.54. The van der Waals surface area contributed by atoms with E-state index < -0.39 is 16.1 Å². The van der Waals surface area contributed by atoms with Gasteiger partial charge in [0.15, 0.2) is 0 Å². The molecule has 0 unspecified atom stereocenters. The fourth-order valence-corrected chi connectivity index (χ4v) is 1.92. The maximum atomic E-state index is 11.6. The summed E-state index contributed by atoms with van der Waals surface area (Å²) >= 11 is 0. The molecule has 1 heterocycles. The molecule has 0 aromatic carbocycles. The number of allylic oxidation sites excluding steroid dienone is 2. The van der Waals surface area contributed by atoms with E-state index in [0.717, 1.165) is 0 Å². The molecule has 0 aliphatic heterocycles. The van der Waals surface area contributed by atoms with E-state index in [-0.39, 0.29) is 10.9 Å². The number of sulfonamides is 1. The van der Waals surface area contributed by atoms with Crippen LogP contribution in [0.25, 0.3) is 0 Å². The molecule has 0 atom stereocenters. The van der Waals surface area contributed by atoms with E-state index in [9.17, 15) is 13.2 Å². The number of nitrogens with one attached hydrogen (secondary N) is 2. The highest BCUT2D eigenvalue weighted by Gasteiger charge is 2.17. The Bertz CT molecular complexity index is 604. The number of amides is 2. The highest BCUT2D eigenvalue weighted by atomic mass is 32.2. The zero-order valence-electron chi connectivity index (χ0n) is 11.1. The standard InChI is InChI=1S/C10H15N5O3S/c1-5-6(2)19(17,18)15-10(16)14-9-12-7(3)11-8(4)13-9/h5H,1-4H3,(H2,11,12,13,14,15,16). The Morgan fingerprint density at radius 1 is 1.16 bits per heavy atom. The zero-order chi connectivity index (χ0) is 14.6. The number of hydrogen-bond donors (Lipinski definition) is 2. The smallest absolute Gasteiger partial charge is 0.275 e. The van der Waals surface area contributed by atoms with Gasteiger partial charge < -0.3 is 0 Å². The molecule has 0 aliphatic rings. The molecule has 104 valence electrons. The van der Waals surface area contributed by atoms with Gasteiger partial charge in [0.2, 0.25) is 5.95 Å². The second kappa shape index (κ2) is 5.74. The summed E-state index contributed by atoms with van der Waals surface area (Å²) in [5.41, 5.74) is 0. The van der Waals surface area contributed by atoms with Crippen molar-refractivity contribution in [3.05, 3.63) is 22.6 Å². The van der Waals surface area contributed by atoms with E-state index >= 15 is 0 Å². The molecule has 0 radical (unpaired) electrons. The van der Waals surface area contributed by atoms with Crippen molar-refractivity contribution in [1.29, 1.82) is 0 Å². The predicted octanol–water partition coefficient (Wildman–Crippen LogP) is 0.863. The lowest BCUT2D eigenvalue weighted by atomic mass is 10.6. The Labute approximate surface area is 111 Å². The average molecular weight is 285 g/mol.